The Hall–Kier alpha value is -1.99. The summed E-state index contributed by atoms with van der Waals surface area (Å²) in [4.78, 5) is 12.8. The second-order valence-electron chi connectivity index (χ2n) is 4.33. The number of amides is 1. The van der Waals surface area contributed by atoms with Gasteiger partial charge in [-0.25, -0.2) is 0 Å². The Kier molecular flexibility index (Phi) is 4.08. The van der Waals surface area contributed by atoms with E-state index in [1.807, 2.05) is 31.2 Å². The summed E-state index contributed by atoms with van der Waals surface area (Å²) in [7, 11) is 0. The molecule has 0 fully saturated rings. The number of hydrogen-bond acceptors (Lipinski definition) is 3. The summed E-state index contributed by atoms with van der Waals surface area (Å²) >= 11 is 1.41. The van der Waals surface area contributed by atoms with Gasteiger partial charge in [0.2, 0.25) is 0 Å². The quantitative estimate of drug-likeness (QED) is 0.841. The Morgan fingerprint density at radius 1 is 1.53 bits per heavy atom. The topological polar surface area (TPSA) is 55.1 Å². The number of benzene rings is 1. The van der Waals surface area contributed by atoms with Gasteiger partial charge in [-0.15, -0.1) is 23.7 Å². The van der Waals surface area contributed by atoms with Crippen molar-refractivity contribution >= 4 is 33.0 Å². The maximum atomic E-state index is 12.2. The third-order valence-electron chi connectivity index (χ3n) is 3.03. The van der Waals surface area contributed by atoms with E-state index in [0.717, 1.165) is 16.5 Å². The fourth-order valence-electron chi connectivity index (χ4n) is 1.92. The second kappa shape index (κ2) is 5.77. The van der Waals surface area contributed by atoms with Crippen LogP contribution in [0.25, 0.3) is 10.1 Å². The minimum absolute atomic E-state index is 0.00196. The molecular formula is C15H16N2OS. The van der Waals surface area contributed by atoms with Gasteiger partial charge in [-0.1, -0.05) is 25.1 Å². The largest absolute Gasteiger partial charge is 0.397 e. The number of carbonyl (C=O) groups excluding carboxylic acids is 1. The van der Waals surface area contributed by atoms with Gasteiger partial charge in [-0.2, -0.15) is 0 Å². The van der Waals surface area contributed by atoms with Crippen LogP contribution < -0.4 is 11.1 Å². The van der Waals surface area contributed by atoms with Gasteiger partial charge in [0.1, 0.15) is 4.88 Å². The van der Waals surface area contributed by atoms with Crippen LogP contribution in [0.2, 0.25) is 0 Å². The van der Waals surface area contributed by atoms with Crippen molar-refractivity contribution in [2.75, 3.05) is 5.73 Å². The van der Waals surface area contributed by atoms with Crippen molar-refractivity contribution in [3.05, 3.63) is 29.1 Å². The fourth-order valence-corrected chi connectivity index (χ4v) is 2.95. The maximum Gasteiger partial charge on any atom is 0.263 e. The van der Waals surface area contributed by atoms with Gasteiger partial charge in [0.05, 0.1) is 5.69 Å². The van der Waals surface area contributed by atoms with E-state index in [9.17, 15) is 4.79 Å². The van der Waals surface area contributed by atoms with Crippen molar-refractivity contribution < 1.29 is 4.79 Å². The molecule has 0 spiro atoms. The third-order valence-corrected chi connectivity index (χ3v) is 4.22. The number of fused-ring (bicyclic) bond motifs is 1. The van der Waals surface area contributed by atoms with Crippen molar-refractivity contribution in [2.24, 2.45) is 0 Å². The van der Waals surface area contributed by atoms with Gasteiger partial charge >= 0.3 is 0 Å². The Morgan fingerprint density at radius 2 is 2.26 bits per heavy atom. The molecule has 1 unspecified atom stereocenters. The summed E-state index contributed by atoms with van der Waals surface area (Å²) in [5, 5.41) is 3.87. The molecule has 1 aromatic carbocycles. The fraction of sp³-hybridized carbons (Fsp3) is 0.267. The molecule has 1 aromatic heterocycles. The van der Waals surface area contributed by atoms with Gasteiger partial charge in [-0.05, 0) is 12.5 Å². The monoisotopic (exact) mass is 272 g/mol. The number of nitrogens with two attached hydrogens (primary N) is 1. The predicted molar refractivity (Wildman–Crippen MR) is 81.2 cm³/mol. The molecule has 0 bridgehead atoms. The zero-order chi connectivity index (χ0) is 13.8. The van der Waals surface area contributed by atoms with Crippen LogP contribution in [-0.4, -0.2) is 11.9 Å². The van der Waals surface area contributed by atoms with Crippen LogP contribution >= 0.6 is 11.3 Å². The summed E-state index contributed by atoms with van der Waals surface area (Å²) in [6.07, 6.45) is 6.63. The molecule has 0 radical (unpaired) electrons. The second-order valence-corrected chi connectivity index (χ2v) is 5.38. The van der Waals surface area contributed by atoms with E-state index in [-0.39, 0.29) is 11.9 Å². The van der Waals surface area contributed by atoms with Gasteiger partial charge in [0.25, 0.3) is 5.91 Å². The van der Waals surface area contributed by atoms with Crippen molar-refractivity contribution in [2.45, 2.75) is 25.8 Å². The summed E-state index contributed by atoms with van der Waals surface area (Å²) in [6, 6.07) is 7.75. The van der Waals surface area contributed by atoms with E-state index < -0.39 is 0 Å². The van der Waals surface area contributed by atoms with Crippen LogP contribution in [0.1, 0.15) is 29.4 Å². The molecule has 19 heavy (non-hydrogen) atoms. The normalized spacial score (nSPS) is 12.0. The number of hydrogen-bond donors (Lipinski definition) is 2. The number of terminal acetylenes is 1. The van der Waals surface area contributed by atoms with E-state index >= 15 is 0 Å². The van der Waals surface area contributed by atoms with Gasteiger partial charge in [-0.3, -0.25) is 4.79 Å². The summed E-state index contributed by atoms with van der Waals surface area (Å²) in [6.45, 7) is 2.00. The molecule has 1 atom stereocenters. The minimum atomic E-state index is -0.138. The van der Waals surface area contributed by atoms with Gasteiger partial charge in [0.15, 0.2) is 0 Å². The predicted octanol–water partition coefficient (Wildman–Crippen LogP) is 3.02. The van der Waals surface area contributed by atoms with Gasteiger partial charge < -0.3 is 11.1 Å². The van der Waals surface area contributed by atoms with E-state index in [2.05, 4.69) is 11.2 Å². The molecule has 3 nitrogen and oxygen atoms in total. The highest BCUT2D eigenvalue weighted by molar-refractivity contribution is 7.21. The Bertz CT molecular complexity index is 639. The van der Waals surface area contributed by atoms with Crippen LogP contribution in [0.3, 0.4) is 0 Å². The number of nitrogen functional groups attached to an aromatic ring is 1. The lowest BCUT2D eigenvalue weighted by Gasteiger charge is -2.13. The average molecular weight is 272 g/mol. The number of carbonyl (C=O) groups is 1. The zero-order valence-corrected chi connectivity index (χ0v) is 11.6. The highest BCUT2D eigenvalue weighted by atomic mass is 32.1. The Balaban J connectivity index is 2.27. The molecule has 0 aliphatic heterocycles. The lowest BCUT2D eigenvalue weighted by atomic mass is 10.1. The first kappa shape index (κ1) is 13.4. The highest BCUT2D eigenvalue weighted by Gasteiger charge is 2.18. The molecule has 0 aliphatic rings. The highest BCUT2D eigenvalue weighted by Crippen LogP contribution is 2.33. The molecule has 3 N–H and O–H groups in total. The van der Waals surface area contributed by atoms with E-state index in [1.54, 1.807) is 0 Å². The van der Waals surface area contributed by atoms with Crippen LogP contribution in [0.5, 0.6) is 0 Å². The lowest BCUT2D eigenvalue weighted by Crippen LogP contribution is -2.33. The van der Waals surface area contributed by atoms with Crippen LogP contribution in [0, 0.1) is 12.3 Å². The lowest BCUT2D eigenvalue weighted by molar-refractivity contribution is 0.0941. The minimum Gasteiger partial charge on any atom is -0.397 e. The van der Waals surface area contributed by atoms with Crippen LogP contribution in [0.15, 0.2) is 24.3 Å². The molecule has 98 valence electrons. The number of anilines is 1. The Labute approximate surface area is 116 Å². The maximum absolute atomic E-state index is 12.2. The molecule has 0 aliphatic carbocycles. The van der Waals surface area contributed by atoms with Gasteiger partial charge in [0, 0.05) is 22.5 Å². The molecular weight excluding hydrogens is 256 g/mol. The molecule has 0 saturated carbocycles. The van der Waals surface area contributed by atoms with Crippen molar-refractivity contribution in [3.8, 4) is 12.3 Å². The average Bonchev–Trinajstić information content (AvgIpc) is 2.76. The molecule has 1 heterocycles. The van der Waals surface area contributed by atoms with Crippen molar-refractivity contribution in [1.82, 2.24) is 5.32 Å². The summed E-state index contributed by atoms with van der Waals surface area (Å²) in [5.41, 5.74) is 6.59. The van der Waals surface area contributed by atoms with Crippen molar-refractivity contribution in [3.63, 3.8) is 0 Å². The smallest absolute Gasteiger partial charge is 0.263 e. The van der Waals surface area contributed by atoms with Crippen molar-refractivity contribution in [1.29, 1.82) is 0 Å². The van der Waals surface area contributed by atoms with Crippen LogP contribution in [-0.2, 0) is 0 Å². The molecule has 0 saturated heterocycles. The Morgan fingerprint density at radius 3 is 2.89 bits per heavy atom. The first-order valence-corrected chi connectivity index (χ1v) is 7.00. The SMILES string of the molecule is C#CCC(CC)NC(=O)c1sc2ccccc2c1N. The van der Waals surface area contributed by atoms with E-state index in [0.29, 0.717) is 17.0 Å². The summed E-state index contributed by atoms with van der Waals surface area (Å²) in [5.74, 6) is 2.44. The molecule has 2 aromatic rings. The number of rotatable bonds is 4. The molecule has 4 heteroatoms. The number of thiophene rings is 1. The zero-order valence-electron chi connectivity index (χ0n) is 10.8. The summed E-state index contributed by atoms with van der Waals surface area (Å²) < 4.78 is 1.02. The van der Waals surface area contributed by atoms with E-state index in [1.165, 1.54) is 11.3 Å². The third kappa shape index (κ3) is 2.72. The molecule has 1 amide bonds. The molecule has 2 rings (SSSR count). The standard InChI is InChI=1S/C15H16N2OS/c1-3-7-10(4-2)17-15(18)14-13(16)11-8-5-6-9-12(11)19-14/h1,5-6,8-10H,4,7,16H2,2H3,(H,17,18). The van der Waals surface area contributed by atoms with E-state index in [4.69, 9.17) is 12.2 Å². The first-order valence-electron chi connectivity index (χ1n) is 6.18. The van der Waals surface area contributed by atoms with Crippen LogP contribution in [0.4, 0.5) is 5.69 Å². The number of nitrogens with one attached hydrogen (secondary N) is 1. The first-order chi connectivity index (χ1) is 9.17.